The number of halogens is 1. The maximum atomic E-state index is 12.7. The summed E-state index contributed by atoms with van der Waals surface area (Å²) in [6.45, 7) is 10.5. The van der Waals surface area contributed by atoms with E-state index >= 15 is 0 Å². The van der Waals surface area contributed by atoms with Crippen molar-refractivity contribution in [2.75, 3.05) is 27.2 Å². The molecule has 0 aromatic carbocycles. The molecule has 0 bridgehead atoms. The largest absolute Gasteiger partial charge is 0.357 e. The number of guanidine groups is 1. The number of thiazole rings is 1. The molecule has 2 N–H and O–H groups in total. The highest BCUT2D eigenvalue weighted by Crippen LogP contribution is 2.38. The van der Waals surface area contributed by atoms with Gasteiger partial charge in [0, 0.05) is 38.0 Å². The van der Waals surface area contributed by atoms with E-state index in [1.165, 1.54) is 0 Å². The molecular formula is C20H36IN5OS. The van der Waals surface area contributed by atoms with Crippen LogP contribution in [0.4, 0.5) is 0 Å². The molecule has 1 aliphatic carbocycles. The molecule has 0 saturated heterocycles. The monoisotopic (exact) mass is 521 g/mol. The fourth-order valence-corrected chi connectivity index (χ4v) is 4.41. The van der Waals surface area contributed by atoms with Crippen LogP contribution < -0.4 is 10.6 Å². The molecule has 1 heterocycles. The number of carbonyl (C=O) groups is 1. The molecule has 0 radical (unpaired) electrons. The van der Waals surface area contributed by atoms with Gasteiger partial charge in [-0.2, -0.15) is 0 Å². The van der Waals surface area contributed by atoms with E-state index in [9.17, 15) is 4.79 Å². The van der Waals surface area contributed by atoms with Crippen LogP contribution in [0.1, 0.15) is 64.1 Å². The van der Waals surface area contributed by atoms with Crippen molar-refractivity contribution < 1.29 is 4.79 Å². The lowest BCUT2D eigenvalue weighted by atomic mass is 9.84. The fourth-order valence-electron chi connectivity index (χ4n) is 3.46. The van der Waals surface area contributed by atoms with Crippen molar-refractivity contribution in [3.8, 4) is 0 Å². The third-order valence-corrected chi connectivity index (χ3v) is 5.89. The lowest BCUT2D eigenvalue weighted by Gasteiger charge is -2.31. The second kappa shape index (κ2) is 10.8. The Morgan fingerprint density at radius 1 is 1.29 bits per heavy atom. The first kappa shape index (κ1) is 25.1. The van der Waals surface area contributed by atoms with Crippen molar-refractivity contribution in [1.29, 1.82) is 0 Å². The molecule has 2 rings (SSSR count). The number of rotatable bonds is 6. The summed E-state index contributed by atoms with van der Waals surface area (Å²) in [7, 11) is 3.69. The summed E-state index contributed by atoms with van der Waals surface area (Å²) < 4.78 is 0. The third-order valence-electron chi connectivity index (χ3n) is 5.05. The summed E-state index contributed by atoms with van der Waals surface area (Å²) in [5, 5.41) is 9.84. The van der Waals surface area contributed by atoms with Crippen LogP contribution in [0, 0.1) is 5.41 Å². The number of aromatic nitrogens is 1. The highest BCUT2D eigenvalue weighted by atomic mass is 127. The molecular weight excluding hydrogens is 485 g/mol. The van der Waals surface area contributed by atoms with Gasteiger partial charge in [0.25, 0.3) is 0 Å². The van der Waals surface area contributed by atoms with Gasteiger partial charge in [0.1, 0.15) is 5.01 Å². The lowest BCUT2D eigenvalue weighted by molar-refractivity contribution is -0.138. The maximum absolute atomic E-state index is 12.7. The smallest absolute Gasteiger partial charge is 0.230 e. The first-order valence-electron chi connectivity index (χ1n) is 9.87. The molecule has 0 unspecified atom stereocenters. The van der Waals surface area contributed by atoms with Crippen molar-refractivity contribution in [3.63, 3.8) is 0 Å². The molecule has 0 spiro atoms. The minimum absolute atomic E-state index is 0. The number of amides is 1. The summed E-state index contributed by atoms with van der Waals surface area (Å²) >= 11 is 1.65. The van der Waals surface area contributed by atoms with Crippen molar-refractivity contribution in [1.82, 2.24) is 20.5 Å². The summed E-state index contributed by atoms with van der Waals surface area (Å²) in [6.07, 6.45) is 4.11. The molecule has 1 aromatic rings. The predicted molar refractivity (Wildman–Crippen MR) is 129 cm³/mol. The average molecular weight is 522 g/mol. The standard InChI is InChI=1S/C20H35N5OS.HI/c1-7-21-18(22-12-16-24-15(13-27-16)19(2,3)4)23-14-20(10-8-9-11-20)17(26)25(5)6;/h13H,7-12,14H2,1-6H3,(H2,21,22,23);1H. The van der Waals surface area contributed by atoms with Gasteiger partial charge in [-0.25, -0.2) is 9.98 Å². The normalized spacial score (nSPS) is 16.4. The highest BCUT2D eigenvalue weighted by molar-refractivity contribution is 14.0. The van der Waals surface area contributed by atoms with E-state index in [1.807, 2.05) is 14.1 Å². The fraction of sp³-hybridized carbons (Fsp3) is 0.750. The molecule has 0 aliphatic heterocycles. The summed E-state index contributed by atoms with van der Waals surface area (Å²) in [5.74, 6) is 0.973. The number of nitrogens with one attached hydrogen (secondary N) is 2. The van der Waals surface area contributed by atoms with Crippen LogP contribution in [0.3, 0.4) is 0 Å². The summed E-state index contributed by atoms with van der Waals surface area (Å²) in [6, 6.07) is 0. The van der Waals surface area contributed by atoms with Gasteiger partial charge in [-0.05, 0) is 19.8 Å². The second-order valence-electron chi connectivity index (χ2n) is 8.61. The van der Waals surface area contributed by atoms with Gasteiger partial charge < -0.3 is 15.5 Å². The van der Waals surface area contributed by atoms with E-state index < -0.39 is 0 Å². The van der Waals surface area contributed by atoms with Gasteiger partial charge in [-0.3, -0.25) is 4.79 Å². The third kappa shape index (κ3) is 6.57. The van der Waals surface area contributed by atoms with Crippen LogP contribution in [0.2, 0.25) is 0 Å². The van der Waals surface area contributed by atoms with Crippen LogP contribution in [-0.2, 0) is 16.8 Å². The predicted octanol–water partition coefficient (Wildman–Crippen LogP) is 3.76. The van der Waals surface area contributed by atoms with E-state index in [2.05, 4.69) is 43.7 Å². The van der Waals surface area contributed by atoms with Crippen molar-refractivity contribution >= 4 is 47.2 Å². The SMILES string of the molecule is CCNC(=NCc1nc(C(C)(C)C)cs1)NCC1(C(=O)N(C)C)CCCC1.I. The van der Waals surface area contributed by atoms with Crippen molar-refractivity contribution in [3.05, 3.63) is 16.1 Å². The summed E-state index contributed by atoms with van der Waals surface area (Å²) in [5.41, 5.74) is 0.861. The van der Waals surface area contributed by atoms with E-state index in [4.69, 9.17) is 9.98 Å². The van der Waals surface area contributed by atoms with Crippen LogP contribution in [0.15, 0.2) is 10.4 Å². The number of hydrogen-bond donors (Lipinski definition) is 2. The zero-order valence-corrected chi connectivity index (χ0v) is 21.2. The molecule has 8 heteroatoms. The minimum Gasteiger partial charge on any atom is -0.357 e. The average Bonchev–Trinajstić information content (AvgIpc) is 3.26. The maximum Gasteiger partial charge on any atom is 0.230 e. The quantitative estimate of drug-likeness (QED) is 0.340. The zero-order valence-electron chi connectivity index (χ0n) is 18.1. The first-order valence-corrected chi connectivity index (χ1v) is 10.7. The number of aliphatic imine (C=N–C) groups is 1. The van der Waals surface area contributed by atoms with Crippen molar-refractivity contribution in [2.24, 2.45) is 10.4 Å². The number of nitrogens with zero attached hydrogens (tertiary/aromatic N) is 3. The molecule has 1 aliphatic rings. The minimum atomic E-state index is -0.305. The van der Waals surface area contributed by atoms with E-state index in [0.717, 1.165) is 48.9 Å². The Kier molecular flexibility index (Phi) is 9.66. The molecule has 1 fully saturated rings. The van der Waals surface area contributed by atoms with Crippen LogP contribution in [-0.4, -0.2) is 48.9 Å². The Hall–Kier alpha value is -0.900. The second-order valence-corrected chi connectivity index (χ2v) is 9.55. The molecule has 160 valence electrons. The first-order chi connectivity index (χ1) is 12.7. The Morgan fingerprint density at radius 2 is 1.93 bits per heavy atom. The van der Waals surface area contributed by atoms with E-state index in [1.54, 1.807) is 16.2 Å². The highest BCUT2D eigenvalue weighted by Gasteiger charge is 2.42. The van der Waals surface area contributed by atoms with Gasteiger partial charge in [-0.15, -0.1) is 35.3 Å². The van der Waals surface area contributed by atoms with Gasteiger partial charge >= 0.3 is 0 Å². The topological polar surface area (TPSA) is 69.6 Å². The van der Waals surface area contributed by atoms with Crippen LogP contribution in [0.25, 0.3) is 0 Å². The number of carbonyl (C=O) groups excluding carboxylic acids is 1. The van der Waals surface area contributed by atoms with Gasteiger partial charge in [0.15, 0.2) is 5.96 Å². The Balaban J connectivity index is 0.00000392. The molecule has 1 aromatic heterocycles. The molecule has 0 atom stereocenters. The van der Waals surface area contributed by atoms with E-state index in [0.29, 0.717) is 13.1 Å². The Labute approximate surface area is 191 Å². The van der Waals surface area contributed by atoms with Gasteiger partial charge in [0.2, 0.25) is 5.91 Å². The Bertz CT molecular complexity index is 660. The van der Waals surface area contributed by atoms with Gasteiger partial charge in [0.05, 0.1) is 17.7 Å². The molecule has 1 amide bonds. The molecule has 28 heavy (non-hydrogen) atoms. The zero-order chi connectivity index (χ0) is 20.1. The molecule has 1 saturated carbocycles. The van der Waals surface area contributed by atoms with Crippen LogP contribution in [0.5, 0.6) is 0 Å². The Morgan fingerprint density at radius 3 is 2.43 bits per heavy atom. The summed E-state index contributed by atoms with van der Waals surface area (Å²) in [4.78, 5) is 23.9. The lowest BCUT2D eigenvalue weighted by Crippen LogP contribution is -2.49. The number of hydrogen-bond acceptors (Lipinski definition) is 4. The van der Waals surface area contributed by atoms with Crippen LogP contribution >= 0.6 is 35.3 Å². The van der Waals surface area contributed by atoms with Crippen molar-refractivity contribution in [2.45, 2.75) is 65.3 Å². The van der Waals surface area contributed by atoms with Gasteiger partial charge in [-0.1, -0.05) is 33.6 Å². The van der Waals surface area contributed by atoms with E-state index in [-0.39, 0.29) is 40.7 Å². The molecule has 6 nitrogen and oxygen atoms in total.